The molecule has 0 bridgehead atoms. The molecule has 344 valence electrons. The van der Waals surface area contributed by atoms with Gasteiger partial charge in [-0.3, -0.25) is 18.6 Å². The third-order valence-corrected chi connectivity index (χ3v) is 10.5. The summed E-state index contributed by atoms with van der Waals surface area (Å²) >= 11 is 0. The maximum absolute atomic E-state index is 12.8. The van der Waals surface area contributed by atoms with Crippen LogP contribution in [0.4, 0.5) is 0 Å². The SMILES string of the molecule is CCC/C=C\C/C=C\CCCCCCCC(=O)O[C@H](COC(=O)CCC/C=C\C/C=C\C/C=C\C/C=C\CC(O)CCC)COP(=O)(O)OC1[C@H](O)[C@H](O)C(O)[C@H](O)[C@H]1O. The summed E-state index contributed by atoms with van der Waals surface area (Å²) in [5.74, 6) is -1.21. The number of allylic oxidation sites excluding steroid dienone is 11. The molecule has 1 aliphatic carbocycles. The van der Waals surface area contributed by atoms with E-state index in [1.807, 2.05) is 18.2 Å². The van der Waals surface area contributed by atoms with E-state index < -0.39 is 75.7 Å². The summed E-state index contributed by atoms with van der Waals surface area (Å²) in [6.07, 6.45) is 26.0. The summed E-state index contributed by atoms with van der Waals surface area (Å²) in [5, 5.41) is 59.8. The Morgan fingerprint density at radius 2 is 1.07 bits per heavy atom. The Bertz CT molecular complexity index is 1340. The smallest absolute Gasteiger partial charge is 0.462 e. The Hall–Kier alpha value is -2.75. The number of hydrogen-bond donors (Lipinski definition) is 7. The van der Waals surface area contributed by atoms with Gasteiger partial charge in [0.2, 0.25) is 0 Å². The van der Waals surface area contributed by atoms with Crippen molar-refractivity contribution in [3.63, 3.8) is 0 Å². The lowest BCUT2D eigenvalue weighted by Crippen LogP contribution is -2.64. The monoisotopic (exact) mass is 870 g/mol. The van der Waals surface area contributed by atoms with Crippen LogP contribution < -0.4 is 0 Å². The van der Waals surface area contributed by atoms with Crippen LogP contribution in [0.5, 0.6) is 0 Å². The second kappa shape index (κ2) is 34.8. The van der Waals surface area contributed by atoms with E-state index in [2.05, 4.69) is 68.5 Å². The van der Waals surface area contributed by atoms with E-state index in [1.165, 1.54) is 0 Å². The van der Waals surface area contributed by atoms with Crippen molar-refractivity contribution in [1.29, 1.82) is 0 Å². The number of hydrogen-bond acceptors (Lipinski definition) is 13. The first kappa shape index (κ1) is 55.3. The van der Waals surface area contributed by atoms with Crippen LogP contribution in [0.1, 0.15) is 136 Å². The second-order valence-corrected chi connectivity index (χ2v) is 16.4. The summed E-state index contributed by atoms with van der Waals surface area (Å²) in [4.78, 5) is 35.6. The Morgan fingerprint density at radius 1 is 0.583 bits per heavy atom. The molecule has 0 radical (unpaired) electrons. The first-order chi connectivity index (χ1) is 28.8. The first-order valence-corrected chi connectivity index (χ1v) is 23.3. The van der Waals surface area contributed by atoms with Crippen LogP contribution in [0.2, 0.25) is 0 Å². The van der Waals surface area contributed by atoms with Crippen molar-refractivity contribution in [3.05, 3.63) is 72.9 Å². The van der Waals surface area contributed by atoms with E-state index in [4.69, 9.17) is 18.5 Å². The summed E-state index contributed by atoms with van der Waals surface area (Å²) in [6, 6.07) is 0. The first-order valence-electron chi connectivity index (χ1n) is 21.8. The predicted molar refractivity (Wildman–Crippen MR) is 231 cm³/mol. The molecule has 0 amide bonds. The van der Waals surface area contributed by atoms with E-state index in [0.29, 0.717) is 25.7 Å². The van der Waals surface area contributed by atoms with Crippen LogP contribution in [0.25, 0.3) is 0 Å². The second-order valence-electron chi connectivity index (χ2n) is 15.0. The van der Waals surface area contributed by atoms with Gasteiger partial charge < -0.3 is 45.0 Å². The maximum atomic E-state index is 12.8. The zero-order valence-corrected chi connectivity index (χ0v) is 36.7. The van der Waals surface area contributed by atoms with Crippen molar-refractivity contribution in [2.75, 3.05) is 13.2 Å². The van der Waals surface area contributed by atoms with Crippen LogP contribution in [0.15, 0.2) is 72.9 Å². The van der Waals surface area contributed by atoms with Gasteiger partial charge in [-0.2, -0.15) is 0 Å². The molecule has 0 aromatic carbocycles. The minimum absolute atomic E-state index is 0.0574. The lowest BCUT2D eigenvalue weighted by Gasteiger charge is -2.41. The van der Waals surface area contributed by atoms with Gasteiger partial charge in [0.15, 0.2) is 6.10 Å². The zero-order chi connectivity index (χ0) is 44.4. The van der Waals surface area contributed by atoms with Crippen molar-refractivity contribution in [2.45, 2.75) is 185 Å². The minimum atomic E-state index is -5.14. The number of phosphoric ester groups is 1. The highest BCUT2D eigenvalue weighted by atomic mass is 31.2. The summed E-state index contributed by atoms with van der Waals surface area (Å²) in [5.41, 5.74) is 0. The number of rotatable bonds is 34. The van der Waals surface area contributed by atoms with Crippen LogP contribution >= 0.6 is 7.82 Å². The quantitative estimate of drug-likeness (QED) is 0.0151. The Balaban J connectivity index is 2.54. The van der Waals surface area contributed by atoms with Gasteiger partial charge >= 0.3 is 19.8 Å². The van der Waals surface area contributed by atoms with Crippen LogP contribution in [-0.4, -0.2) is 110 Å². The molecule has 1 saturated carbocycles. The van der Waals surface area contributed by atoms with E-state index >= 15 is 0 Å². The van der Waals surface area contributed by atoms with E-state index in [9.17, 15) is 49.7 Å². The van der Waals surface area contributed by atoms with Gasteiger partial charge in [-0.15, -0.1) is 0 Å². The summed E-state index contributed by atoms with van der Waals surface area (Å²) < 4.78 is 33.4. The summed E-state index contributed by atoms with van der Waals surface area (Å²) in [7, 11) is -5.14. The van der Waals surface area contributed by atoms with Gasteiger partial charge in [-0.25, -0.2) is 4.57 Å². The standard InChI is InChI=1S/C45H75O14P/c1-3-5-6-7-8-9-10-12-17-20-23-26-29-33-39(48)58-37(35-57-60(54,55)59-45-43(52)41(50)40(49)42(51)44(45)53)34-56-38(47)32-28-25-22-19-16-14-11-13-15-18-21-24-27-31-36(46)30-4-2/h6-7,9-11,14-15,18-19,22,24,27,36-37,40-46,49-53H,3-5,8,12-13,16-17,20-21,23,25-26,28-35H2,1-2H3,(H,54,55)/b7-6-,10-9-,14-11-,18-15-,22-19-,27-24-/t36?,37-,40?,41-,42+,43-,44-,45?/m1/s1. The highest BCUT2D eigenvalue weighted by molar-refractivity contribution is 7.47. The zero-order valence-electron chi connectivity index (χ0n) is 35.8. The lowest BCUT2D eigenvalue weighted by atomic mass is 9.85. The molecule has 4 unspecified atom stereocenters. The van der Waals surface area contributed by atoms with Crippen molar-refractivity contribution in [2.24, 2.45) is 0 Å². The van der Waals surface area contributed by atoms with Crippen molar-refractivity contribution in [3.8, 4) is 0 Å². The van der Waals surface area contributed by atoms with Gasteiger partial charge in [0.25, 0.3) is 0 Å². The van der Waals surface area contributed by atoms with Gasteiger partial charge in [0.1, 0.15) is 43.2 Å². The van der Waals surface area contributed by atoms with Crippen LogP contribution in [-0.2, 0) is 32.7 Å². The average Bonchev–Trinajstić information content (AvgIpc) is 3.22. The fourth-order valence-corrected chi connectivity index (χ4v) is 7.01. The molecular formula is C45H75O14P. The third-order valence-electron chi connectivity index (χ3n) is 9.56. The largest absolute Gasteiger partial charge is 0.472 e. The number of carbonyl (C=O) groups is 2. The molecule has 0 aromatic heterocycles. The van der Waals surface area contributed by atoms with E-state index in [-0.39, 0.29) is 18.9 Å². The molecule has 1 aliphatic rings. The van der Waals surface area contributed by atoms with Crippen LogP contribution in [0, 0.1) is 0 Å². The van der Waals surface area contributed by atoms with Crippen molar-refractivity contribution >= 4 is 19.8 Å². The fourth-order valence-electron chi connectivity index (χ4n) is 6.04. The van der Waals surface area contributed by atoms with Gasteiger partial charge in [-0.05, 0) is 77.0 Å². The molecular weight excluding hydrogens is 795 g/mol. The molecule has 14 nitrogen and oxygen atoms in total. The van der Waals surface area contributed by atoms with Gasteiger partial charge in [-0.1, -0.05) is 119 Å². The van der Waals surface area contributed by atoms with E-state index in [1.54, 1.807) is 0 Å². The molecule has 0 heterocycles. The number of carbonyl (C=O) groups excluding carboxylic acids is 2. The molecule has 60 heavy (non-hydrogen) atoms. The molecule has 0 saturated heterocycles. The number of aliphatic hydroxyl groups is 6. The Kier molecular flexibility index (Phi) is 32.0. The van der Waals surface area contributed by atoms with Crippen LogP contribution in [0.3, 0.4) is 0 Å². The number of esters is 2. The molecule has 7 N–H and O–H groups in total. The molecule has 9 atom stereocenters. The summed E-state index contributed by atoms with van der Waals surface area (Å²) in [6.45, 7) is 2.95. The van der Waals surface area contributed by atoms with Gasteiger partial charge in [0.05, 0.1) is 12.7 Å². The average molecular weight is 871 g/mol. The number of phosphoric acid groups is 1. The highest BCUT2D eigenvalue weighted by Gasteiger charge is 2.51. The molecule has 1 fully saturated rings. The number of ether oxygens (including phenoxy) is 2. The van der Waals surface area contributed by atoms with E-state index in [0.717, 1.165) is 83.5 Å². The van der Waals surface area contributed by atoms with Crippen molar-refractivity contribution < 1.29 is 68.2 Å². The minimum Gasteiger partial charge on any atom is -0.462 e. The molecule has 0 aliphatic heterocycles. The Morgan fingerprint density at radius 3 is 1.65 bits per heavy atom. The number of unbranched alkanes of at least 4 members (excludes halogenated alkanes) is 7. The van der Waals surface area contributed by atoms with Crippen molar-refractivity contribution in [1.82, 2.24) is 0 Å². The Labute approximate surface area is 358 Å². The van der Waals surface area contributed by atoms with Gasteiger partial charge in [0, 0.05) is 12.8 Å². The maximum Gasteiger partial charge on any atom is 0.472 e. The normalized spacial score (nSPS) is 23.4. The lowest BCUT2D eigenvalue weighted by molar-refractivity contribution is -0.220. The molecule has 15 heteroatoms. The topological polar surface area (TPSA) is 230 Å². The molecule has 0 spiro atoms. The number of aliphatic hydroxyl groups excluding tert-OH is 6. The predicted octanol–water partition coefficient (Wildman–Crippen LogP) is 6.91. The third kappa shape index (κ3) is 27.2. The fraction of sp³-hybridized carbons (Fsp3) is 0.689. The highest BCUT2D eigenvalue weighted by Crippen LogP contribution is 2.47. The molecule has 1 rings (SSSR count). The molecule has 0 aromatic rings.